The fourth-order valence-corrected chi connectivity index (χ4v) is 1.66. The summed E-state index contributed by atoms with van der Waals surface area (Å²) in [5.74, 6) is -3.78. The Hall–Kier alpha value is -2.57. The molecule has 110 valence electrons. The molecule has 1 aromatic carbocycles. The van der Waals surface area contributed by atoms with Gasteiger partial charge in [0.1, 0.15) is 11.6 Å². The average molecular weight is 295 g/mol. The van der Waals surface area contributed by atoms with Crippen LogP contribution in [0.1, 0.15) is 17.3 Å². The normalized spacial score (nSPS) is 10.3. The Morgan fingerprint density at radius 2 is 1.86 bits per heavy atom. The first-order valence-electron chi connectivity index (χ1n) is 6.17. The van der Waals surface area contributed by atoms with Gasteiger partial charge in [-0.1, -0.05) is 0 Å². The zero-order valence-electron chi connectivity index (χ0n) is 11.1. The van der Waals surface area contributed by atoms with Crippen molar-refractivity contribution in [2.75, 3.05) is 17.2 Å². The van der Waals surface area contributed by atoms with Gasteiger partial charge in [0, 0.05) is 30.4 Å². The van der Waals surface area contributed by atoms with Gasteiger partial charge in [0.2, 0.25) is 0 Å². The molecular formula is C14H12F3N3O. The first-order chi connectivity index (χ1) is 10.0. The molecule has 21 heavy (non-hydrogen) atoms. The lowest BCUT2D eigenvalue weighted by Crippen LogP contribution is -2.14. The van der Waals surface area contributed by atoms with Crippen LogP contribution in [0.2, 0.25) is 0 Å². The van der Waals surface area contributed by atoms with E-state index >= 15 is 0 Å². The average Bonchev–Trinajstić information content (AvgIpc) is 2.45. The van der Waals surface area contributed by atoms with Crippen molar-refractivity contribution in [3.05, 3.63) is 53.5 Å². The summed E-state index contributed by atoms with van der Waals surface area (Å²) in [6.45, 7) is 2.49. The van der Waals surface area contributed by atoms with E-state index < -0.39 is 29.0 Å². The molecule has 0 fully saturated rings. The van der Waals surface area contributed by atoms with Gasteiger partial charge in [0.15, 0.2) is 11.6 Å². The Morgan fingerprint density at radius 3 is 2.57 bits per heavy atom. The van der Waals surface area contributed by atoms with Gasteiger partial charge >= 0.3 is 0 Å². The van der Waals surface area contributed by atoms with Crippen molar-refractivity contribution in [1.82, 2.24) is 4.98 Å². The van der Waals surface area contributed by atoms with E-state index in [-0.39, 0.29) is 5.56 Å². The summed E-state index contributed by atoms with van der Waals surface area (Å²) < 4.78 is 39.3. The van der Waals surface area contributed by atoms with Crippen molar-refractivity contribution in [2.45, 2.75) is 6.92 Å². The van der Waals surface area contributed by atoms with Crippen molar-refractivity contribution in [2.24, 2.45) is 0 Å². The standard InChI is InChI=1S/C14H12F3N3O/c1-2-18-13-5-8(3-4-19-13)14(21)20-12-7-10(16)9(15)6-11(12)17/h3-7H,2H2,1H3,(H,18,19)(H,20,21). The Labute approximate surface area is 119 Å². The van der Waals surface area contributed by atoms with Crippen LogP contribution in [0.3, 0.4) is 0 Å². The van der Waals surface area contributed by atoms with Gasteiger partial charge < -0.3 is 10.6 Å². The molecule has 2 aromatic rings. The van der Waals surface area contributed by atoms with Gasteiger partial charge in [-0.05, 0) is 19.1 Å². The van der Waals surface area contributed by atoms with Crippen LogP contribution >= 0.6 is 0 Å². The van der Waals surface area contributed by atoms with Crippen LogP contribution in [0.5, 0.6) is 0 Å². The molecule has 0 aliphatic carbocycles. The maximum Gasteiger partial charge on any atom is 0.255 e. The quantitative estimate of drug-likeness (QED) is 0.852. The van der Waals surface area contributed by atoms with Gasteiger partial charge in [-0.15, -0.1) is 0 Å². The van der Waals surface area contributed by atoms with Crippen molar-refractivity contribution in [3.63, 3.8) is 0 Å². The smallest absolute Gasteiger partial charge is 0.255 e. The van der Waals surface area contributed by atoms with E-state index in [1.807, 2.05) is 6.92 Å². The molecule has 7 heteroatoms. The summed E-state index contributed by atoms with van der Waals surface area (Å²) in [5, 5.41) is 5.11. The molecule has 2 rings (SSSR count). The number of pyridine rings is 1. The lowest BCUT2D eigenvalue weighted by molar-refractivity contribution is 0.102. The molecule has 0 saturated carbocycles. The van der Waals surface area contributed by atoms with Crippen LogP contribution in [0, 0.1) is 17.5 Å². The fourth-order valence-electron chi connectivity index (χ4n) is 1.66. The number of rotatable bonds is 4. The molecule has 1 aromatic heterocycles. The molecule has 2 N–H and O–H groups in total. The Bertz CT molecular complexity index is 677. The topological polar surface area (TPSA) is 54.0 Å². The zero-order chi connectivity index (χ0) is 15.4. The summed E-state index contributed by atoms with van der Waals surface area (Å²) in [6.07, 6.45) is 1.41. The molecule has 0 atom stereocenters. The van der Waals surface area contributed by atoms with E-state index in [0.29, 0.717) is 24.5 Å². The van der Waals surface area contributed by atoms with E-state index in [2.05, 4.69) is 15.6 Å². The predicted molar refractivity (Wildman–Crippen MR) is 72.7 cm³/mol. The SMILES string of the molecule is CCNc1cc(C(=O)Nc2cc(F)c(F)cc2F)ccn1. The number of anilines is 2. The van der Waals surface area contributed by atoms with Crippen molar-refractivity contribution in [1.29, 1.82) is 0 Å². The molecule has 4 nitrogen and oxygen atoms in total. The van der Waals surface area contributed by atoms with Crippen LogP contribution in [-0.4, -0.2) is 17.4 Å². The maximum absolute atomic E-state index is 13.5. The molecule has 0 unspecified atom stereocenters. The number of carbonyl (C=O) groups excluding carboxylic acids is 1. The second-order valence-electron chi connectivity index (χ2n) is 4.16. The molecule has 1 amide bonds. The number of nitrogens with one attached hydrogen (secondary N) is 2. The number of amides is 1. The molecule has 0 spiro atoms. The minimum atomic E-state index is -1.32. The van der Waals surface area contributed by atoms with E-state index in [4.69, 9.17) is 0 Å². The van der Waals surface area contributed by atoms with Gasteiger partial charge in [0.25, 0.3) is 5.91 Å². The molecule has 1 heterocycles. The molecular weight excluding hydrogens is 283 g/mol. The minimum Gasteiger partial charge on any atom is -0.370 e. The zero-order valence-corrected chi connectivity index (χ0v) is 11.1. The highest BCUT2D eigenvalue weighted by Gasteiger charge is 2.14. The number of nitrogens with zero attached hydrogens (tertiary/aromatic N) is 1. The van der Waals surface area contributed by atoms with Crippen molar-refractivity contribution >= 4 is 17.4 Å². The first-order valence-corrected chi connectivity index (χ1v) is 6.17. The van der Waals surface area contributed by atoms with E-state index in [1.54, 1.807) is 0 Å². The highest BCUT2D eigenvalue weighted by molar-refractivity contribution is 6.04. The third kappa shape index (κ3) is 3.50. The van der Waals surface area contributed by atoms with Crippen molar-refractivity contribution < 1.29 is 18.0 Å². The fraction of sp³-hybridized carbons (Fsp3) is 0.143. The Balaban J connectivity index is 2.22. The molecule has 0 aliphatic rings. The maximum atomic E-state index is 13.5. The summed E-state index contributed by atoms with van der Waals surface area (Å²) in [5.41, 5.74) is -0.217. The third-order valence-corrected chi connectivity index (χ3v) is 2.64. The molecule has 0 radical (unpaired) electrons. The van der Waals surface area contributed by atoms with E-state index in [1.165, 1.54) is 18.3 Å². The lowest BCUT2D eigenvalue weighted by Gasteiger charge is -2.08. The second-order valence-corrected chi connectivity index (χ2v) is 4.16. The van der Waals surface area contributed by atoms with Crippen LogP contribution < -0.4 is 10.6 Å². The van der Waals surface area contributed by atoms with E-state index in [9.17, 15) is 18.0 Å². The molecule has 0 aliphatic heterocycles. The van der Waals surface area contributed by atoms with Crippen LogP contribution in [0.4, 0.5) is 24.7 Å². The number of hydrogen-bond acceptors (Lipinski definition) is 3. The van der Waals surface area contributed by atoms with Crippen LogP contribution in [0.15, 0.2) is 30.5 Å². The Morgan fingerprint density at radius 1 is 1.14 bits per heavy atom. The lowest BCUT2D eigenvalue weighted by atomic mass is 10.2. The van der Waals surface area contributed by atoms with Crippen LogP contribution in [-0.2, 0) is 0 Å². The number of hydrogen-bond donors (Lipinski definition) is 2. The van der Waals surface area contributed by atoms with Gasteiger partial charge in [-0.2, -0.15) is 0 Å². The summed E-state index contributed by atoms with van der Waals surface area (Å²) >= 11 is 0. The Kier molecular flexibility index (Phi) is 4.42. The summed E-state index contributed by atoms with van der Waals surface area (Å²) in [6, 6.07) is 3.86. The number of benzene rings is 1. The van der Waals surface area contributed by atoms with Crippen molar-refractivity contribution in [3.8, 4) is 0 Å². The molecule has 0 bridgehead atoms. The molecule has 0 saturated heterocycles. The number of halogens is 3. The van der Waals surface area contributed by atoms with E-state index in [0.717, 1.165) is 0 Å². The second kappa shape index (κ2) is 6.25. The minimum absolute atomic E-state index is 0.213. The summed E-state index contributed by atoms with van der Waals surface area (Å²) in [7, 11) is 0. The van der Waals surface area contributed by atoms with Crippen LogP contribution in [0.25, 0.3) is 0 Å². The van der Waals surface area contributed by atoms with Gasteiger partial charge in [-0.3, -0.25) is 4.79 Å². The number of aromatic nitrogens is 1. The van der Waals surface area contributed by atoms with Gasteiger partial charge in [-0.25, -0.2) is 18.2 Å². The summed E-state index contributed by atoms with van der Waals surface area (Å²) in [4.78, 5) is 16.0. The highest BCUT2D eigenvalue weighted by atomic mass is 19.2. The highest BCUT2D eigenvalue weighted by Crippen LogP contribution is 2.19. The van der Waals surface area contributed by atoms with Gasteiger partial charge in [0.05, 0.1) is 5.69 Å². The number of carbonyl (C=O) groups is 1. The predicted octanol–water partition coefficient (Wildman–Crippen LogP) is 3.18. The monoisotopic (exact) mass is 295 g/mol. The third-order valence-electron chi connectivity index (χ3n) is 2.64. The first kappa shape index (κ1) is 14.8. The largest absolute Gasteiger partial charge is 0.370 e.